The predicted molar refractivity (Wildman–Crippen MR) is 97.9 cm³/mol. The molecule has 0 aliphatic heterocycles. The number of nitrogens with one attached hydrogen (secondary N) is 2. The van der Waals surface area contributed by atoms with Crippen molar-refractivity contribution in [3.63, 3.8) is 0 Å². The lowest BCUT2D eigenvalue weighted by Gasteiger charge is -2.08. The van der Waals surface area contributed by atoms with Gasteiger partial charge in [-0.15, -0.1) is 0 Å². The summed E-state index contributed by atoms with van der Waals surface area (Å²) in [7, 11) is 1.58. The molecule has 0 aliphatic carbocycles. The second-order valence-corrected chi connectivity index (χ2v) is 5.55. The summed E-state index contributed by atoms with van der Waals surface area (Å²) in [5.41, 5.74) is 0.129. The third-order valence-corrected chi connectivity index (χ3v) is 3.55. The molecule has 28 heavy (non-hydrogen) atoms. The van der Waals surface area contributed by atoms with E-state index in [-0.39, 0.29) is 24.9 Å². The second kappa shape index (κ2) is 10.1. The number of ether oxygens (including phenoxy) is 2. The molecule has 8 heteroatoms. The molecule has 2 amide bonds. The molecule has 0 fully saturated rings. The molecule has 0 aliphatic rings. The van der Waals surface area contributed by atoms with Gasteiger partial charge in [0.05, 0.1) is 19.2 Å². The van der Waals surface area contributed by atoms with Gasteiger partial charge in [-0.1, -0.05) is 30.0 Å². The van der Waals surface area contributed by atoms with Crippen LogP contribution in [0.4, 0.5) is 18.0 Å². The molecule has 148 valence electrons. The lowest BCUT2D eigenvalue weighted by atomic mass is 10.2. The number of carbonyl (C=O) groups excluding carboxylic acids is 1. The molecule has 0 heterocycles. The quantitative estimate of drug-likeness (QED) is 0.739. The van der Waals surface area contributed by atoms with E-state index in [0.717, 1.165) is 23.4 Å². The van der Waals surface area contributed by atoms with Crippen LogP contribution in [0.1, 0.15) is 11.1 Å². The molecule has 0 saturated heterocycles. The third kappa shape index (κ3) is 7.11. The number of hydrogen-bond acceptors (Lipinski definition) is 3. The molecule has 0 atom stereocenters. The van der Waals surface area contributed by atoms with Crippen molar-refractivity contribution in [1.82, 2.24) is 10.6 Å². The largest absolute Gasteiger partial charge is 0.497 e. The first-order valence-electron chi connectivity index (χ1n) is 8.29. The number of carbonyl (C=O) groups is 1. The third-order valence-electron chi connectivity index (χ3n) is 3.55. The van der Waals surface area contributed by atoms with Gasteiger partial charge in [0.2, 0.25) is 0 Å². The minimum Gasteiger partial charge on any atom is -0.497 e. The molecule has 0 unspecified atom stereocenters. The van der Waals surface area contributed by atoms with E-state index in [1.807, 2.05) is 12.1 Å². The van der Waals surface area contributed by atoms with Crippen molar-refractivity contribution < 1.29 is 27.4 Å². The number of urea groups is 1. The molecule has 2 aromatic rings. The number of benzene rings is 2. The van der Waals surface area contributed by atoms with Crippen LogP contribution in [0.5, 0.6) is 11.5 Å². The Morgan fingerprint density at radius 3 is 2.46 bits per heavy atom. The average molecular weight is 392 g/mol. The molecule has 0 spiro atoms. The highest BCUT2D eigenvalue weighted by Crippen LogP contribution is 2.31. The molecule has 0 aromatic heterocycles. The summed E-state index contributed by atoms with van der Waals surface area (Å²) < 4.78 is 48.0. The van der Waals surface area contributed by atoms with E-state index < -0.39 is 11.7 Å². The van der Waals surface area contributed by atoms with Gasteiger partial charge in [0.25, 0.3) is 0 Å². The smallest absolute Gasteiger partial charge is 0.416 e. The van der Waals surface area contributed by atoms with Crippen LogP contribution in [-0.4, -0.2) is 26.3 Å². The van der Waals surface area contributed by atoms with Crippen molar-refractivity contribution in [2.45, 2.75) is 12.7 Å². The fourth-order valence-electron chi connectivity index (χ4n) is 2.11. The van der Waals surface area contributed by atoms with Crippen LogP contribution in [-0.2, 0) is 12.7 Å². The Bertz CT molecular complexity index is 840. The van der Waals surface area contributed by atoms with Gasteiger partial charge >= 0.3 is 12.2 Å². The van der Waals surface area contributed by atoms with Gasteiger partial charge in [0.1, 0.15) is 18.1 Å². The van der Waals surface area contributed by atoms with Crippen molar-refractivity contribution in [3.8, 4) is 23.3 Å². The molecule has 0 bridgehead atoms. The van der Waals surface area contributed by atoms with Crippen molar-refractivity contribution in [1.29, 1.82) is 0 Å². The number of halogens is 3. The standard InChI is InChI=1S/C20H19F3N2O3/c1-27-17-9-7-15(8-10-17)14-25-19(26)24-11-2-3-12-28-18-6-4-5-16(13-18)20(21,22)23/h4-10,13H,11-12,14H2,1H3,(H2,24,25,26). The molecular weight excluding hydrogens is 373 g/mol. The van der Waals surface area contributed by atoms with Gasteiger partial charge in [-0.05, 0) is 35.9 Å². The summed E-state index contributed by atoms with van der Waals surface area (Å²) in [5, 5.41) is 5.23. The predicted octanol–water partition coefficient (Wildman–Crippen LogP) is 3.60. The lowest BCUT2D eigenvalue weighted by molar-refractivity contribution is -0.137. The van der Waals surface area contributed by atoms with Gasteiger partial charge in [0, 0.05) is 6.54 Å². The normalized spacial score (nSPS) is 10.4. The van der Waals surface area contributed by atoms with E-state index in [4.69, 9.17) is 9.47 Å². The zero-order chi connectivity index (χ0) is 20.4. The van der Waals surface area contributed by atoms with Crippen molar-refractivity contribution in [2.24, 2.45) is 0 Å². The molecular formula is C20H19F3N2O3. The Kier molecular flexibility index (Phi) is 7.57. The van der Waals surface area contributed by atoms with E-state index in [2.05, 4.69) is 22.5 Å². The van der Waals surface area contributed by atoms with Crippen molar-refractivity contribution >= 4 is 6.03 Å². The van der Waals surface area contributed by atoms with Gasteiger partial charge in [-0.25, -0.2) is 4.79 Å². The summed E-state index contributed by atoms with van der Waals surface area (Å²) in [6.07, 6.45) is -4.42. The van der Waals surface area contributed by atoms with Gasteiger partial charge in [0.15, 0.2) is 0 Å². The van der Waals surface area contributed by atoms with Crippen LogP contribution < -0.4 is 20.1 Å². The summed E-state index contributed by atoms with van der Waals surface area (Å²) in [6, 6.07) is 11.4. The first-order chi connectivity index (χ1) is 13.4. The first kappa shape index (κ1) is 21.0. The Labute approximate surface area is 160 Å². The fraction of sp³-hybridized carbons (Fsp3) is 0.250. The SMILES string of the molecule is COc1ccc(CNC(=O)NCC#CCOc2cccc(C(F)(F)F)c2)cc1. The highest BCUT2D eigenvalue weighted by atomic mass is 19.4. The molecule has 2 N–H and O–H groups in total. The molecule has 2 aromatic carbocycles. The minimum atomic E-state index is -4.42. The highest BCUT2D eigenvalue weighted by molar-refractivity contribution is 5.74. The topological polar surface area (TPSA) is 59.6 Å². The Morgan fingerprint density at radius 2 is 1.79 bits per heavy atom. The summed E-state index contributed by atoms with van der Waals surface area (Å²) in [5.74, 6) is 6.09. The minimum absolute atomic E-state index is 0.0781. The lowest BCUT2D eigenvalue weighted by Crippen LogP contribution is -2.35. The van der Waals surface area contributed by atoms with Gasteiger partial charge in [-0.3, -0.25) is 0 Å². The van der Waals surface area contributed by atoms with Crippen molar-refractivity contribution in [3.05, 3.63) is 59.7 Å². The van der Waals surface area contributed by atoms with Crippen LogP contribution in [0.2, 0.25) is 0 Å². The molecule has 5 nitrogen and oxygen atoms in total. The average Bonchev–Trinajstić information content (AvgIpc) is 2.69. The van der Waals surface area contributed by atoms with Crippen LogP contribution in [0, 0.1) is 11.8 Å². The summed E-state index contributed by atoms with van der Waals surface area (Å²) in [6.45, 7) is 0.346. The first-order valence-corrected chi connectivity index (χ1v) is 8.29. The van der Waals surface area contributed by atoms with Crippen molar-refractivity contribution in [2.75, 3.05) is 20.3 Å². The zero-order valence-electron chi connectivity index (χ0n) is 15.1. The number of alkyl halides is 3. The van der Waals surface area contributed by atoms with E-state index in [1.54, 1.807) is 19.2 Å². The summed E-state index contributed by atoms with van der Waals surface area (Å²) >= 11 is 0. The van der Waals surface area contributed by atoms with E-state index in [0.29, 0.717) is 6.54 Å². The fourth-order valence-corrected chi connectivity index (χ4v) is 2.11. The number of amides is 2. The number of rotatable bonds is 6. The van der Waals surface area contributed by atoms with E-state index in [1.165, 1.54) is 12.1 Å². The number of methoxy groups -OCH3 is 1. The monoisotopic (exact) mass is 392 g/mol. The van der Waals surface area contributed by atoms with Crippen LogP contribution >= 0.6 is 0 Å². The maximum atomic E-state index is 12.6. The van der Waals surface area contributed by atoms with Crippen LogP contribution in [0.25, 0.3) is 0 Å². The maximum Gasteiger partial charge on any atom is 0.416 e. The second-order valence-electron chi connectivity index (χ2n) is 5.55. The highest BCUT2D eigenvalue weighted by Gasteiger charge is 2.30. The van der Waals surface area contributed by atoms with E-state index in [9.17, 15) is 18.0 Å². The Hall–Kier alpha value is -3.34. The molecule has 0 saturated carbocycles. The zero-order valence-corrected chi connectivity index (χ0v) is 15.1. The van der Waals surface area contributed by atoms with E-state index >= 15 is 0 Å². The molecule has 2 rings (SSSR count). The molecule has 0 radical (unpaired) electrons. The van der Waals surface area contributed by atoms with Gasteiger partial charge < -0.3 is 20.1 Å². The van der Waals surface area contributed by atoms with Crippen LogP contribution in [0.15, 0.2) is 48.5 Å². The summed E-state index contributed by atoms with van der Waals surface area (Å²) in [4.78, 5) is 11.7. The number of hydrogen-bond donors (Lipinski definition) is 2. The Morgan fingerprint density at radius 1 is 1.04 bits per heavy atom. The van der Waals surface area contributed by atoms with Gasteiger partial charge in [-0.2, -0.15) is 13.2 Å². The maximum absolute atomic E-state index is 12.6. The van der Waals surface area contributed by atoms with Crippen LogP contribution in [0.3, 0.4) is 0 Å². The Balaban J connectivity index is 1.67.